The van der Waals surface area contributed by atoms with Crippen LogP contribution < -0.4 is 10.7 Å². The minimum atomic E-state index is -3.22. The first-order valence-electron chi connectivity index (χ1n) is 7.01. The monoisotopic (exact) mass is 338 g/mol. The molecule has 0 radical (unpaired) electrons. The molecule has 8 heteroatoms. The van der Waals surface area contributed by atoms with Crippen LogP contribution in [0.4, 0.5) is 0 Å². The second-order valence-corrected chi connectivity index (χ2v) is 7.25. The minimum absolute atomic E-state index is 0.0647. The van der Waals surface area contributed by atoms with E-state index in [9.17, 15) is 18.0 Å². The summed E-state index contributed by atoms with van der Waals surface area (Å²) >= 11 is 0. The SMILES string of the molecule is CN(CCCNC(=O)c1cc(=O)c2ccccc2o1)S(C)(=O)=O. The number of rotatable bonds is 6. The number of hydrogen-bond donors (Lipinski definition) is 1. The maximum atomic E-state index is 12.0. The van der Waals surface area contributed by atoms with E-state index in [1.807, 2.05) is 0 Å². The highest BCUT2D eigenvalue weighted by Gasteiger charge is 2.13. The van der Waals surface area contributed by atoms with Crippen molar-refractivity contribution < 1.29 is 17.6 Å². The molecule has 1 aromatic carbocycles. The average Bonchev–Trinajstić information content (AvgIpc) is 2.50. The van der Waals surface area contributed by atoms with Gasteiger partial charge in [0.25, 0.3) is 5.91 Å². The van der Waals surface area contributed by atoms with Crippen LogP contribution in [0.5, 0.6) is 0 Å². The average molecular weight is 338 g/mol. The summed E-state index contributed by atoms with van der Waals surface area (Å²) in [5, 5.41) is 3.02. The molecule has 0 aliphatic heterocycles. The van der Waals surface area contributed by atoms with Crippen LogP contribution in [0.1, 0.15) is 17.0 Å². The quantitative estimate of drug-likeness (QED) is 0.786. The largest absolute Gasteiger partial charge is 0.451 e. The van der Waals surface area contributed by atoms with Gasteiger partial charge >= 0.3 is 0 Å². The summed E-state index contributed by atoms with van der Waals surface area (Å²) in [4.78, 5) is 23.9. The summed E-state index contributed by atoms with van der Waals surface area (Å²) in [6.07, 6.45) is 1.57. The number of carbonyl (C=O) groups excluding carboxylic acids is 1. The molecule has 0 fully saturated rings. The van der Waals surface area contributed by atoms with Gasteiger partial charge in [-0.2, -0.15) is 0 Å². The van der Waals surface area contributed by atoms with Crippen molar-refractivity contribution in [1.29, 1.82) is 0 Å². The summed E-state index contributed by atoms with van der Waals surface area (Å²) in [6, 6.07) is 7.84. The Morgan fingerprint density at radius 1 is 1.30 bits per heavy atom. The van der Waals surface area contributed by atoms with Gasteiger partial charge in [0.1, 0.15) is 5.58 Å². The molecule has 1 aromatic heterocycles. The zero-order valence-electron chi connectivity index (χ0n) is 12.9. The third kappa shape index (κ3) is 4.40. The van der Waals surface area contributed by atoms with Crippen LogP contribution in [0.25, 0.3) is 11.0 Å². The third-order valence-corrected chi connectivity index (χ3v) is 4.67. The van der Waals surface area contributed by atoms with Crippen LogP contribution in [0.2, 0.25) is 0 Å². The van der Waals surface area contributed by atoms with Gasteiger partial charge in [-0.05, 0) is 18.6 Å². The lowest BCUT2D eigenvalue weighted by Gasteiger charge is -2.13. The molecule has 1 N–H and O–H groups in total. The minimum Gasteiger partial charge on any atom is -0.451 e. The van der Waals surface area contributed by atoms with Crippen LogP contribution in [0.15, 0.2) is 39.5 Å². The molecular weight excluding hydrogens is 320 g/mol. The van der Waals surface area contributed by atoms with Crippen molar-refractivity contribution in [1.82, 2.24) is 9.62 Å². The van der Waals surface area contributed by atoms with Crippen LogP contribution >= 0.6 is 0 Å². The third-order valence-electron chi connectivity index (χ3n) is 3.36. The number of sulfonamides is 1. The van der Waals surface area contributed by atoms with E-state index in [-0.39, 0.29) is 17.7 Å². The first-order valence-corrected chi connectivity index (χ1v) is 8.86. The van der Waals surface area contributed by atoms with Crippen molar-refractivity contribution in [3.05, 3.63) is 46.3 Å². The molecule has 0 aliphatic carbocycles. The Kier molecular flexibility index (Phi) is 5.17. The zero-order chi connectivity index (χ0) is 17.0. The molecule has 0 saturated carbocycles. The number of hydrogen-bond acceptors (Lipinski definition) is 5. The molecule has 124 valence electrons. The van der Waals surface area contributed by atoms with Crippen LogP contribution in [-0.4, -0.2) is 45.0 Å². The summed E-state index contributed by atoms with van der Waals surface area (Å²) in [7, 11) is -1.75. The lowest BCUT2D eigenvalue weighted by molar-refractivity contribution is 0.0925. The zero-order valence-corrected chi connectivity index (χ0v) is 13.7. The Hall–Kier alpha value is -2.19. The van der Waals surface area contributed by atoms with Gasteiger partial charge in [-0.3, -0.25) is 9.59 Å². The molecule has 2 aromatic rings. The highest BCUT2D eigenvalue weighted by molar-refractivity contribution is 7.88. The number of nitrogens with one attached hydrogen (secondary N) is 1. The smallest absolute Gasteiger partial charge is 0.287 e. The van der Waals surface area contributed by atoms with Crippen LogP contribution in [0.3, 0.4) is 0 Å². The van der Waals surface area contributed by atoms with Crippen molar-refractivity contribution in [2.24, 2.45) is 0 Å². The lowest BCUT2D eigenvalue weighted by atomic mass is 10.2. The predicted octanol–water partition coefficient (Wildman–Crippen LogP) is 0.804. The van der Waals surface area contributed by atoms with Crippen LogP contribution in [-0.2, 0) is 10.0 Å². The number of amides is 1. The van der Waals surface area contributed by atoms with Crippen molar-refractivity contribution in [3.63, 3.8) is 0 Å². The second kappa shape index (κ2) is 6.93. The summed E-state index contributed by atoms with van der Waals surface area (Å²) in [6.45, 7) is 0.565. The molecule has 0 unspecified atom stereocenters. The maximum Gasteiger partial charge on any atom is 0.287 e. The number of para-hydroxylation sites is 1. The number of nitrogens with zero attached hydrogens (tertiary/aromatic N) is 1. The normalized spacial score (nSPS) is 11.8. The molecule has 1 amide bonds. The van der Waals surface area contributed by atoms with E-state index in [2.05, 4.69) is 5.32 Å². The Balaban J connectivity index is 1.98. The molecule has 0 saturated heterocycles. The molecule has 0 aliphatic rings. The Morgan fingerprint density at radius 2 is 2.00 bits per heavy atom. The van der Waals surface area contributed by atoms with Crippen molar-refractivity contribution in [3.8, 4) is 0 Å². The first kappa shape index (κ1) is 17.2. The fourth-order valence-corrected chi connectivity index (χ4v) is 2.43. The Morgan fingerprint density at radius 3 is 2.70 bits per heavy atom. The molecule has 0 atom stereocenters. The molecule has 0 bridgehead atoms. The number of fused-ring (bicyclic) bond motifs is 1. The van der Waals surface area contributed by atoms with Gasteiger partial charge < -0.3 is 9.73 Å². The molecule has 2 rings (SSSR count). The summed E-state index contributed by atoms with van der Waals surface area (Å²) in [5.74, 6) is -0.569. The fraction of sp³-hybridized carbons (Fsp3) is 0.333. The molecular formula is C15H18N2O5S. The van der Waals surface area contributed by atoms with E-state index in [0.29, 0.717) is 23.9 Å². The van der Waals surface area contributed by atoms with Gasteiger partial charge in [0.05, 0.1) is 11.6 Å². The van der Waals surface area contributed by atoms with E-state index in [1.165, 1.54) is 11.4 Å². The second-order valence-electron chi connectivity index (χ2n) is 5.17. The van der Waals surface area contributed by atoms with Crippen molar-refractivity contribution in [2.75, 3.05) is 26.4 Å². The summed E-state index contributed by atoms with van der Waals surface area (Å²) in [5.41, 5.74) is 0.0655. The van der Waals surface area contributed by atoms with Gasteiger partial charge in [-0.25, -0.2) is 12.7 Å². The van der Waals surface area contributed by atoms with Crippen molar-refractivity contribution >= 4 is 26.9 Å². The Bertz CT molecular complexity index is 873. The van der Waals surface area contributed by atoms with Crippen molar-refractivity contribution in [2.45, 2.75) is 6.42 Å². The molecule has 23 heavy (non-hydrogen) atoms. The Labute approximate surface area is 134 Å². The van der Waals surface area contributed by atoms with Gasteiger partial charge in [0, 0.05) is 26.2 Å². The highest BCUT2D eigenvalue weighted by Crippen LogP contribution is 2.11. The standard InChI is InChI=1S/C15H18N2O5S/c1-17(23(2,20)21)9-5-8-16-15(19)14-10-12(18)11-6-3-4-7-13(11)22-14/h3-4,6-7,10H,5,8-9H2,1-2H3,(H,16,19). The number of benzene rings is 1. The predicted molar refractivity (Wildman–Crippen MR) is 86.9 cm³/mol. The van der Waals surface area contributed by atoms with E-state index < -0.39 is 15.9 Å². The molecule has 1 heterocycles. The van der Waals surface area contributed by atoms with E-state index in [0.717, 1.165) is 12.3 Å². The molecule has 0 spiro atoms. The molecule has 7 nitrogen and oxygen atoms in total. The van der Waals surface area contributed by atoms with E-state index >= 15 is 0 Å². The number of carbonyl (C=O) groups is 1. The summed E-state index contributed by atoms with van der Waals surface area (Å²) < 4.78 is 29.1. The maximum absolute atomic E-state index is 12.0. The van der Waals surface area contributed by atoms with E-state index in [1.54, 1.807) is 24.3 Å². The highest BCUT2D eigenvalue weighted by atomic mass is 32.2. The first-order chi connectivity index (χ1) is 10.8. The van der Waals surface area contributed by atoms with Gasteiger partial charge in [-0.15, -0.1) is 0 Å². The van der Waals surface area contributed by atoms with Crippen LogP contribution in [0, 0.1) is 0 Å². The van der Waals surface area contributed by atoms with E-state index in [4.69, 9.17) is 4.42 Å². The van der Waals surface area contributed by atoms with Gasteiger partial charge in [0.15, 0.2) is 11.2 Å². The van der Waals surface area contributed by atoms with Gasteiger partial charge in [0.2, 0.25) is 10.0 Å². The lowest BCUT2D eigenvalue weighted by Crippen LogP contribution is -2.31. The fourth-order valence-electron chi connectivity index (χ4n) is 1.97. The van der Waals surface area contributed by atoms with Gasteiger partial charge in [-0.1, -0.05) is 12.1 Å². The topological polar surface area (TPSA) is 96.7 Å².